The summed E-state index contributed by atoms with van der Waals surface area (Å²) in [6, 6.07) is 37.7. The molecule has 14 heteroatoms. The van der Waals surface area contributed by atoms with E-state index in [4.69, 9.17) is 51.6 Å². The number of aromatic nitrogens is 4. The van der Waals surface area contributed by atoms with E-state index in [0.29, 0.717) is 47.8 Å². The summed E-state index contributed by atoms with van der Waals surface area (Å²) in [7, 11) is 4.63. The third-order valence-electron chi connectivity index (χ3n) is 10.1. The number of carbonyl (C=O) groups excluding carboxylic acids is 1. The fourth-order valence-electron chi connectivity index (χ4n) is 6.95. The molecule has 318 valence electrons. The summed E-state index contributed by atoms with van der Waals surface area (Å²) in [6.45, 7) is 5.04. The van der Waals surface area contributed by atoms with Crippen molar-refractivity contribution in [2.75, 3.05) is 21.3 Å². The van der Waals surface area contributed by atoms with Crippen LogP contribution in [-0.2, 0) is 27.4 Å². The van der Waals surface area contributed by atoms with Crippen LogP contribution in [0, 0.1) is 13.8 Å². The molecular formula is C49H40Cl2N4O8. The number of carboxylic acid groups (broad SMARTS) is 1. The van der Waals surface area contributed by atoms with E-state index in [0.717, 1.165) is 44.5 Å². The standard InChI is InChI=1S/C25H21ClN2O4.C24H19ClN2O4/c1-15-6-4-5-7-19(15)20-10-9-17(12-18(20)14-30-2)24-27-23(28-32-24)16-8-11-21(22(26)13-16)25(29)31-3;1-14-5-3-4-6-18(14)19-9-8-16(11-17(19)13-30-2)23-26-22(27-31-23)15-7-10-20(24(28)29)21(25)12-15/h4-13H,14H2,1-3H3;3-12H,13H2,1-2H3,(H,28,29). The summed E-state index contributed by atoms with van der Waals surface area (Å²) in [6.07, 6.45) is 0. The molecule has 8 aromatic rings. The average Bonchev–Trinajstić information content (AvgIpc) is 3.99. The van der Waals surface area contributed by atoms with E-state index in [1.165, 1.54) is 30.4 Å². The van der Waals surface area contributed by atoms with Gasteiger partial charge in [0.15, 0.2) is 0 Å². The molecule has 6 aromatic carbocycles. The Balaban J connectivity index is 0.000000189. The van der Waals surface area contributed by atoms with Gasteiger partial charge in [0, 0.05) is 36.5 Å². The number of halogens is 2. The van der Waals surface area contributed by atoms with Crippen molar-refractivity contribution >= 4 is 35.1 Å². The first kappa shape index (κ1) is 44.1. The van der Waals surface area contributed by atoms with Crippen molar-refractivity contribution in [3.63, 3.8) is 0 Å². The van der Waals surface area contributed by atoms with Crippen molar-refractivity contribution in [3.05, 3.63) is 165 Å². The Labute approximate surface area is 373 Å². The number of methoxy groups -OCH3 is 3. The smallest absolute Gasteiger partial charge is 0.339 e. The van der Waals surface area contributed by atoms with Crippen molar-refractivity contribution in [1.29, 1.82) is 0 Å². The molecule has 0 aliphatic carbocycles. The van der Waals surface area contributed by atoms with Crippen molar-refractivity contribution < 1.29 is 38.0 Å². The molecule has 8 rings (SSSR count). The largest absolute Gasteiger partial charge is 0.478 e. The van der Waals surface area contributed by atoms with Gasteiger partial charge in [-0.2, -0.15) is 9.97 Å². The molecule has 0 spiro atoms. The Morgan fingerprint density at radius 2 is 0.984 bits per heavy atom. The molecule has 0 unspecified atom stereocenters. The second-order valence-corrected chi connectivity index (χ2v) is 15.1. The SMILES string of the molecule is COCc1cc(-c2nc(-c3ccc(C(=O)O)c(Cl)c3)no2)ccc1-c1ccccc1C.COCc1cc(-c2nc(-c3ccc(C(=O)OC)c(Cl)c3)no2)ccc1-c1ccccc1C. The highest BCUT2D eigenvalue weighted by atomic mass is 35.5. The van der Waals surface area contributed by atoms with Crippen molar-refractivity contribution in [2.24, 2.45) is 0 Å². The highest BCUT2D eigenvalue weighted by Crippen LogP contribution is 2.34. The van der Waals surface area contributed by atoms with E-state index in [2.05, 4.69) is 58.4 Å². The fourth-order valence-corrected chi connectivity index (χ4v) is 7.47. The lowest BCUT2D eigenvalue weighted by Crippen LogP contribution is -2.01. The zero-order chi connectivity index (χ0) is 44.6. The molecule has 0 amide bonds. The molecule has 63 heavy (non-hydrogen) atoms. The number of benzene rings is 6. The molecule has 0 atom stereocenters. The van der Waals surface area contributed by atoms with E-state index in [-0.39, 0.29) is 21.2 Å². The van der Waals surface area contributed by atoms with Crippen molar-refractivity contribution in [3.8, 4) is 67.9 Å². The number of nitrogens with zero attached hydrogens (tertiary/aromatic N) is 4. The van der Waals surface area contributed by atoms with Crippen LogP contribution in [0.5, 0.6) is 0 Å². The van der Waals surface area contributed by atoms with Gasteiger partial charge in [-0.25, -0.2) is 9.59 Å². The average molecular weight is 884 g/mol. The Morgan fingerprint density at radius 1 is 0.556 bits per heavy atom. The van der Waals surface area contributed by atoms with Crippen LogP contribution in [0.4, 0.5) is 0 Å². The highest BCUT2D eigenvalue weighted by molar-refractivity contribution is 6.34. The van der Waals surface area contributed by atoms with E-state index in [9.17, 15) is 9.59 Å². The number of hydrogen-bond donors (Lipinski definition) is 1. The topological polar surface area (TPSA) is 160 Å². The lowest BCUT2D eigenvalue weighted by molar-refractivity contribution is 0.0600. The molecule has 0 fully saturated rings. The molecule has 0 aliphatic rings. The minimum atomic E-state index is -1.09. The molecule has 0 saturated carbocycles. The number of carbonyl (C=O) groups is 2. The second kappa shape index (κ2) is 19.8. The van der Waals surface area contributed by atoms with Gasteiger partial charge in [0.25, 0.3) is 11.8 Å². The Morgan fingerprint density at radius 3 is 1.38 bits per heavy atom. The van der Waals surface area contributed by atoms with Crippen LogP contribution in [0.2, 0.25) is 10.0 Å². The number of ether oxygens (including phenoxy) is 3. The predicted molar refractivity (Wildman–Crippen MR) is 240 cm³/mol. The summed E-state index contributed by atoms with van der Waals surface area (Å²) in [4.78, 5) is 31.9. The monoisotopic (exact) mass is 882 g/mol. The minimum absolute atomic E-state index is 0.0186. The number of hydrogen-bond acceptors (Lipinski definition) is 11. The lowest BCUT2D eigenvalue weighted by Gasteiger charge is -2.12. The van der Waals surface area contributed by atoms with Gasteiger partial charge in [-0.05, 0) is 107 Å². The first-order chi connectivity index (χ1) is 30.5. The lowest BCUT2D eigenvalue weighted by atomic mass is 9.94. The number of esters is 1. The number of rotatable bonds is 12. The zero-order valence-corrected chi connectivity index (χ0v) is 36.3. The van der Waals surface area contributed by atoms with Crippen LogP contribution in [0.15, 0.2) is 130 Å². The van der Waals surface area contributed by atoms with Crippen LogP contribution in [0.3, 0.4) is 0 Å². The van der Waals surface area contributed by atoms with Crippen molar-refractivity contribution in [2.45, 2.75) is 27.1 Å². The molecule has 0 aliphatic heterocycles. The molecule has 0 bridgehead atoms. The first-order valence-electron chi connectivity index (χ1n) is 19.4. The van der Waals surface area contributed by atoms with E-state index >= 15 is 0 Å². The molecular weight excluding hydrogens is 843 g/mol. The zero-order valence-electron chi connectivity index (χ0n) is 34.8. The van der Waals surface area contributed by atoms with Crippen molar-refractivity contribution in [1.82, 2.24) is 20.3 Å². The number of aryl methyl sites for hydroxylation is 2. The first-order valence-corrected chi connectivity index (χ1v) is 20.2. The van der Waals surface area contributed by atoms with Crippen LogP contribution in [0.1, 0.15) is 43.0 Å². The third-order valence-corrected chi connectivity index (χ3v) is 10.7. The maximum Gasteiger partial charge on any atom is 0.339 e. The number of aromatic carboxylic acids is 1. The molecule has 12 nitrogen and oxygen atoms in total. The maximum absolute atomic E-state index is 11.7. The molecule has 2 aromatic heterocycles. The summed E-state index contributed by atoms with van der Waals surface area (Å²) < 4.78 is 26.5. The normalized spacial score (nSPS) is 10.9. The van der Waals surface area contributed by atoms with E-state index in [1.54, 1.807) is 38.5 Å². The Bertz CT molecular complexity index is 2940. The van der Waals surface area contributed by atoms with Crippen LogP contribution in [-0.4, -0.2) is 58.7 Å². The second-order valence-electron chi connectivity index (χ2n) is 14.3. The molecule has 0 saturated heterocycles. The van der Waals surface area contributed by atoms with Crippen LogP contribution in [0.25, 0.3) is 67.9 Å². The van der Waals surface area contributed by atoms with Gasteiger partial charge in [-0.3, -0.25) is 0 Å². The minimum Gasteiger partial charge on any atom is -0.478 e. The van der Waals surface area contributed by atoms with Gasteiger partial charge in [-0.1, -0.05) is 106 Å². The number of carboxylic acids is 1. The van der Waals surface area contributed by atoms with Gasteiger partial charge in [0.05, 0.1) is 41.5 Å². The van der Waals surface area contributed by atoms with E-state index in [1.807, 2.05) is 60.7 Å². The van der Waals surface area contributed by atoms with Gasteiger partial charge < -0.3 is 28.4 Å². The molecule has 2 heterocycles. The summed E-state index contributed by atoms with van der Waals surface area (Å²) in [5, 5.41) is 17.6. The molecule has 0 radical (unpaired) electrons. The van der Waals surface area contributed by atoms with Gasteiger partial charge in [0.2, 0.25) is 11.6 Å². The van der Waals surface area contributed by atoms with Crippen LogP contribution < -0.4 is 0 Å². The Hall–Kier alpha value is -6.96. The summed E-state index contributed by atoms with van der Waals surface area (Å²) in [5.41, 5.74) is 11.9. The third kappa shape index (κ3) is 9.90. The van der Waals surface area contributed by atoms with Gasteiger partial charge >= 0.3 is 11.9 Å². The van der Waals surface area contributed by atoms with Crippen LogP contribution >= 0.6 is 23.2 Å². The quantitative estimate of drug-likeness (QED) is 0.116. The maximum atomic E-state index is 11.7. The molecule has 1 N–H and O–H groups in total. The van der Waals surface area contributed by atoms with E-state index < -0.39 is 11.9 Å². The Kier molecular flexibility index (Phi) is 13.9. The summed E-state index contributed by atoms with van der Waals surface area (Å²) in [5.74, 6) is -0.178. The predicted octanol–water partition coefficient (Wildman–Crippen LogP) is 11.8. The summed E-state index contributed by atoms with van der Waals surface area (Å²) >= 11 is 12.3. The van der Waals surface area contributed by atoms with Gasteiger partial charge in [0.1, 0.15) is 0 Å². The highest BCUT2D eigenvalue weighted by Gasteiger charge is 2.19. The fraction of sp³-hybridized carbons (Fsp3) is 0.143. The van der Waals surface area contributed by atoms with Gasteiger partial charge in [-0.15, -0.1) is 0 Å².